The van der Waals surface area contributed by atoms with E-state index in [9.17, 15) is 9.59 Å². The predicted octanol–water partition coefficient (Wildman–Crippen LogP) is 4.17. The maximum atomic E-state index is 11.6. The highest BCUT2D eigenvalue weighted by Gasteiger charge is 2.21. The fourth-order valence-corrected chi connectivity index (χ4v) is 1.67. The molecule has 5 heteroatoms. The molecule has 20 heavy (non-hydrogen) atoms. The summed E-state index contributed by atoms with van der Waals surface area (Å²) >= 11 is 11.7. The quantitative estimate of drug-likeness (QED) is 0.619. The number of halogens is 2. The Kier molecular flexibility index (Phi) is 5.78. The first-order valence-corrected chi connectivity index (χ1v) is 6.79. The second-order valence-electron chi connectivity index (χ2n) is 5.28. The maximum Gasteiger partial charge on any atom is 0.331 e. The smallest absolute Gasteiger partial charge is 0.331 e. The average Bonchev–Trinajstić information content (AvgIpc) is 2.33. The zero-order valence-corrected chi connectivity index (χ0v) is 13.1. The Bertz CT molecular complexity index is 543. The largest absolute Gasteiger partial charge is 0.455 e. The average molecular weight is 315 g/mol. The number of hydrogen-bond donors (Lipinski definition) is 0. The van der Waals surface area contributed by atoms with Crippen molar-refractivity contribution < 1.29 is 14.3 Å². The molecular formula is C15H16Cl2O3. The van der Waals surface area contributed by atoms with E-state index < -0.39 is 11.4 Å². The van der Waals surface area contributed by atoms with Crippen LogP contribution in [0.2, 0.25) is 10.0 Å². The van der Waals surface area contributed by atoms with Crippen molar-refractivity contribution in [3.05, 3.63) is 39.9 Å². The lowest BCUT2D eigenvalue weighted by Crippen LogP contribution is -2.25. The third-order valence-corrected chi connectivity index (χ3v) is 3.11. The Balaban J connectivity index is 2.58. The third-order valence-electron chi connectivity index (χ3n) is 2.54. The lowest BCUT2D eigenvalue weighted by molar-refractivity contribution is -0.145. The molecule has 0 bridgehead atoms. The number of benzene rings is 1. The second-order valence-corrected chi connectivity index (χ2v) is 6.12. The number of hydrogen-bond acceptors (Lipinski definition) is 3. The summed E-state index contributed by atoms with van der Waals surface area (Å²) in [5.41, 5.74) is 0.124. The van der Waals surface area contributed by atoms with Gasteiger partial charge >= 0.3 is 5.97 Å². The van der Waals surface area contributed by atoms with Gasteiger partial charge in [-0.2, -0.15) is 0 Å². The van der Waals surface area contributed by atoms with Gasteiger partial charge in [-0.25, -0.2) is 4.79 Å². The maximum absolute atomic E-state index is 11.6. The van der Waals surface area contributed by atoms with Gasteiger partial charge in [-0.05, 0) is 23.8 Å². The van der Waals surface area contributed by atoms with E-state index in [1.54, 1.807) is 39.0 Å². The lowest BCUT2D eigenvalue weighted by atomic mass is 9.91. The molecule has 1 aromatic rings. The molecule has 0 fully saturated rings. The van der Waals surface area contributed by atoms with Crippen molar-refractivity contribution in [2.24, 2.45) is 5.41 Å². The van der Waals surface area contributed by atoms with Crippen LogP contribution in [0, 0.1) is 5.41 Å². The van der Waals surface area contributed by atoms with E-state index in [0.717, 1.165) is 0 Å². The lowest BCUT2D eigenvalue weighted by Gasteiger charge is -2.15. The molecule has 108 valence electrons. The van der Waals surface area contributed by atoms with E-state index in [4.69, 9.17) is 27.9 Å². The highest BCUT2D eigenvalue weighted by molar-refractivity contribution is 6.35. The van der Waals surface area contributed by atoms with Crippen molar-refractivity contribution in [3.8, 4) is 0 Å². The summed E-state index contributed by atoms with van der Waals surface area (Å²) in [5, 5.41) is 0.956. The van der Waals surface area contributed by atoms with E-state index >= 15 is 0 Å². The van der Waals surface area contributed by atoms with Gasteiger partial charge in [0.2, 0.25) is 0 Å². The van der Waals surface area contributed by atoms with Crippen LogP contribution in [0.25, 0.3) is 6.08 Å². The number of carbonyl (C=O) groups excluding carboxylic acids is 2. The Morgan fingerprint density at radius 1 is 1.25 bits per heavy atom. The summed E-state index contributed by atoms with van der Waals surface area (Å²) in [6.07, 6.45) is 2.74. The van der Waals surface area contributed by atoms with Gasteiger partial charge in [0.15, 0.2) is 12.4 Å². The minimum atomic E-state index is -0.589. The van der Waals surface area contributed by atoms with Crippen LogP contribution in [0.4, 0.5) is 0 Å². The first kappa shape index (κ1) is 16.7. The number of rotatable bonds is 4. The van der Waals surface area contributed by atoms with Crippen molar-refractivity contribution in [3.63, 3.8) is 0 Å². The van der Waals surface area contributed by atoms with Gasteiger partial charge < -0.3 is 4.74 Å². The SMILES string of the molecule is CC(C)(C)C(=O)COC(=O)C=Cc1ccc(Cl)cc1Cl. The van der Waals surface area contributed by atoms with Crippen LogP contribution >= 0.6 is 23.2 Å². The Labute approximate surface area is 128 Å². The van der Waals surface area contributed by atoms with Crippen molar-refractivity contribution in [2.75, 3.05) is 6.61 Å². The van der Waals surface area contributed by atoms with Gasteiger partial charge in [-0.1, -0.05) is 50.0 Å². The minimum Gasteiger partial charge on any atom is -0.455 e. The third kappa shape index (κ3) is 5.35. The van der Waals surface area contributed by atoms with Crippen LogP contribution < -0.4 is 0 Å². The molecule has 0 saturated carbocycles. The normalized spacial score (nSPS) is 11.7. The van der Waals surface area contributed by atoms with Gasteiger partial charge in [-0.3, -0.25) is 4.79 Å². The van der Waals surface area contributed by atoms with Crippen molar-refractivity contribution in [2.45, 2.75) is 20.8 Å². The van der Waals surface area contributed by atoms with Crippen LogP contribution in [-0.4, -0.2) is 18.4 Å². The molecule has 0 N–H and O–H groups in total. The van der Waals surface area contributed by atoms with Gasteiger partial charge in [0, 0.05) is 21.5 Å². The number of Topliss-reactive ketones (excluding diaryl/α,β-unsaturated/α-hetero) is 1. The number of carbonyl (C=O) groups is 2. The van der Waals surface area contributed by atoms with Crippen LogP contribution in [0.3, 0.4) is 0 Å². The fraction of sp³-hybridized carbons (Fsp3) is 0.333. The van der Waals surface area contributed by atoms with Crippen LogP contribution in [0.15, 0.2) is 24.3 Å². The molecule has 0 heterocycles. The Hall–Kier alpha value is -1.32. The molecule has 1 rings (SSSR count). The van der Waals surface area contributed by atoms with E-state index in [1.807, 2.05) is 0 Å². The van der Waals surface area contributed by atoms with Crippen molar-refractivity contribution >= 4 is 41.0 Å². The monoisotopic (exact) mass is 314 g/mol. The van der Waals surface area contributed by atoms with E-state index in [-0.39, 0.29) is 12.4 Å². The molecule has 3 nitrogen and oxygen atoms in total. The molecule has 0 amide bonds. The molecule has 0 radical (unpaired) electrons. The first-order chi connectivity index (χ1) is 9.20. The van der Waals surface area contributed by atoms with E-state index in [1.165, 1.54) is 12.2 Å². The predicted molar refractivity (Wildman–Crippen MR) is 80.9 cm³/mol. The second kappa shape index (κ2) is 6.91. The van der Waals surface area contributed by atoms with Crippen LogP contribution in [0.1, 0.15) is 26.3 Å². The molecule has 0 saturated heterocycles. The highest BCUT2D eigenvalue weighted by atomic mass is 35.5. The van der Waals surface area contributed by atoms with Crippen molar-refractivity contribution in [1.29, 1.82) is 0 Å². The van der Waals surface area contributed by atoms with Crippen LogP contribution in [-0.2, 0) is 14.3 Å². The van der Waals surface area contributed by atoms with E-state index in [0.29, 0.717) is 15.6 Å². The standard InChI is InChI=1S/C15H16Cl2O3/c1-15(2,3)13(18)9-20-14(19)7-5-10-4-6-11(16)8-12(10)17/h4-8H,9H2,1-3H3. The van der Waals surface area contributed by atoms with E-state index in [2.05, 4.69) is 0 Å². The fourth-order valence-electron chi connectivity index (χ4n) is 1.20. The van der Waals surface area contributed by atoms with Gasteiger partial charge in [-0.15, -0.1) is 0 Å². The first-order valence-electron chi connectivity index (χ1n) is 6.03. The minimum absolute atomic E-state index is 0.135. The molecule has 0 aliphatic rings. The molecule has 0 aliphatic heterocycles. The van der Waals surface area contributed by atoms with Crippen molar-refractivity contribution in [1.82, 2.24) is 0 Å². The van der Waals surface area contributed by atoms with Crippen LogP contribution in [0.5, 0.6) is 0 Å². The zero-order valence-electron chi connectivity index (χ0n) is 11.6. The summed E-state index contributed by atoms with van der Waals surface area (Å²) in [5.74, 6) is -0.725. The summed E-state index contributed by atoms with van der Waals surface area (Å²) in [7, 11) is 0. The summed E-state index contributed by atoms with van der Waals surface area (Å²) in [6.45, 7) is 5.08. The van der Waals surface area contributed by atoms with Gasteiger partial charge in [0.25, 0.3) is 0 Å². The zero-order chi connectivity index (χ0) is 15.3. The number of esters is 1. The number of ether oxygens (including phenoxy) is 1. The molecule has 0 aliphatic carbocycles. The van der Waals surface area contributed by atoms with Gasteiger partial charge in [0.1, 0.15) is 0 Å². The molecule has 0 spiro atoms. The summed E-state index contributed by atoms with van der Waals surface area (Å²) < 4.78 is 4.87. The molecule has 1 aromatic carbocycles. The Morgan fingerprint density at radius 2 is 1.90 bits per heavy atom. The molecular weight excluding hydrogens is 299 g/mol. The number of ketones is 1. The summed E-state index contributed by atoms with van der Waals surface area (Å²) in [4.78, 5) is 23.1. The Morgan fingerprint density at radius 3 is 2.45 bits per heavy atom. The molecule has 0 aromatic heterocycles. The molecule has 0 unspecified atom stereocenters. The summed E-state index contributed by atoms with van der Waals surface area (Å²) in [6, 6.07) is 4.94. The molecule has 0 atom stereocenters. The van der Waals surface area contributed by atoms with Gasteiger partial charge in [0.05, 0.1) is 0 Å². The topological polar surface area (TPSA) is 43.4 Å². The highest BCUT2D eigenvalue weighted by Crippen LogP contribution is 2.22.